The zero-order chi connectivity index (χ0) is 21.5. The Kier molecular flexibility index (Phi) is 5.91. The molecule has 3 heterocycles. The van der Waals surface area contributed by atoms with Crippen molar-refractivity contribution in [2.45, 2.75) is 17.7 Å². The number of nitrogens with zero attached hydrogens (tertiary/aromatic N) is 3. The lowest BCUT2D eigenvalue weighted by molar-refractivity contribution is 0.101. The molecule has 11 heteroatoms. The Labute approximate surface area is 188 Å². The molecule has 0 unspecified atom stereocenters. The third kappa shape index (κ3) is 4.13. The first-order valence-electron chi connectivity index (χ1n) is 9.14. The topological polar surface area (TPSA) is 84.3 Å². The van der Waals surface area contributed by atoms with Crippen molar-refractivity contribution in [2.24, 2.45) is 7.05 Å². The van der Waals surface area contributed by atoms with Crippen molar-refractivity contribution >= 4 is 55.6 Å². The molecule has 1 aromatic carbocycles. The van der Waals surface area contributed by atoms with Gasteiger partial charge < -0.3 is 4.57 Å². The van der Waals surface area contributed by atoms with Gasteiger partial charge in [-0.05, 0) is 37.1 Å². The van der Waals surface area contributed by atoms with Gasteiger partial charge in [-0.15, -0.1) is 11.3 Å². The van der Waals surface area contributed by atoms with Crippen LogP contribution in [0.15, 0.2) is 40.7 Å². The summed E-state index contributed by atoms with van der Waals surface area (Å²) in [6.07, 6.45) is 3.16. The summed E-state index contributed by atoms with van der Waals surface area (Å²) < 4.78 is 28.4. The van der Waals surface area contributed by atoms with Crippen LogP contribution in [-0.2, 0) is 17.1 Å². The van der Waals surface area contributed by atoms with Crippen LogP contribution in [0.3, 0.4) is 0 Å². The highest BCUT2D eigenvalue weighted by Crippen LogP contribution is 2.32. The summed E-state index contributed by atoms with van der Waals surface area (Å²) in [6, 6.07) is 6.50. The fourth-order valence-electron chi connectivity index (χ4n) is 3.29. The third-order valence-electron chi connectivity index (χ3n) is 4.85. The number of thiazole rings is 1. The van der Waals surface area contributed by atoms with E-state index >= 15 is 0 Å². The van der Waals surface area contributed by atoms with Gasteiger partial charge >= 0.3 is 0 Å². The van der Waals surface area contributed by atoms with Crippen LogP contribution in [0.2, 0.25) is 10.0 Å². The molecule has 1 saturated heterocycles. The van der Waals surface area contributed by atoms with E-state index in [0.717, 1.165) is 12.8 Å². The Morgan fingerprint density at radius 3 is 2.63 bits per heavy atom. The van der Waals surface area contributed by atoms with Gasteiger partial charge in [0.1, 0.15) is 10.6 Å². The van der Waals surface area contributed by atoms with Gasteiger partial charge in [0.15, 0.2) is 5.13 Å². The number of aryl methyl sites for hydroxylation is 1. The van der Waals surface area contributed by atoms with E-state index in [-0.39, 0.29) is 10.6 Å². The number of benzene rings is 1. The van der Waals surface area contributed by atoms with Crippen molar-refractivity contribution in [2.75, 3.05) is 18.4 Å². The molecule has 0 saturated carbocycles. The van der Waals surface area contributed by atoms with Gasteiger partial charge in [-0.25, -0.2) is 13.4 Å². The van der Waals surface area contributed by atoms with E-state index in [0.29, 0.717) is 39.5 Å². The van der Waals surface area contributed by atoms with E-state index in [9.17, 15) is 13.2 Å². The van der Waals surface area contributed by atoms with Crippen LogP contribution in [0.5, 0.6) is 0 Å². The molecule has 2 aromatic heterocycles. The van der Waals surface area contributed by atoms with Gasteiger partial charge in [0.2, 0.25) is 10.0 Å². The number of hydrogen-bond donors (Lipinski definition) is 1. The van der Waals surface area contributed by atoms with E-state index in [1.54, 1.807) is 30.6 Å². The summed E-state index contributed by atoms with van der Waals surface area (Å²) in [6.45, 7) is 1.02. The fraction of sp³-hybridized carbons (Fsp3) is 0.263. The molecular weight excluding hydrogens is 467 g/mol. The van der Waals surface area contributed by atoms with Gasteiger partial charge in [0.25, 0.3) is 5.91 Å². The first kappa shape index (κ1) is 21.3. The minimum Gasteiger partial charge on any atom is -0.345 e. The zero-order valence-electron chi connectivity index (χ0n) is 15.9. The van der Waals surface area contributed by atoms with Crippen LogP contribution in [0.1, 0.15) is 23.3 Å². The highest BCUT2D eigenvalue weighted by atomic mass is 35.5. The molecule has 0 aliphatic carbocycles. The van der Waals surface area contributed by atoms with Crippen LogP contribution in [-0.4, -0.2) is 41.3 Å². The first-order valence-corrected chi connectivity index (χ1v) is 12.2. The smallest absolute Gasteiger partial charge is 0.274 e. The Balaban J connectivity index is 1.54. The number of amides is 1. The number of nitrogens with one attached hydrogen (secondary N) is 1. The number of hydrogen-bond acceptors (Lipinski definition) is 5. The minimum absolute atomic E-state index is 0.116. The second kappa shape index (κ2) is 8.32. The summed E-state index contributed by atoms with van der Waals surface area (Å²) in [5.41, 5.74) is 1.55. The number of aromatic nitrogens is 2. The molecule has 0 bridgehead atoms. The molecule has 1 aliphatic rings. The van der Waals surface area contributed by atoms with Gasteiger partial charge in [0, 0.05) is 42.3 Å². The van der Waals surface area contributed by atoms with Crippen molar-refractivity contribution in [1.29, 1.82) is 0 Å². The van der Waals surface area contributed by atoms with Crippen molar-refractivity contribution in [3.8, 4) is 11.3 Å². The molecule has 0 atom stereocenters. The highest BCUT2D eigenvalue weighted by Gasteiger charge is 2.29. The molecule has 4 rings (SSSR count). The molecule has 158 valence electrons. The average molecular weight is 485 g/mol. The van der Waals surface area contributed by atoms with Gasteiger partial charge in [-0.3, -0.25) is 10.1 Å². The lowest BCUT2D eigenvalue weighted by Crippen LogP contribution is -2.27. The Hall–Kier alpha value is -1.91. The van der Waals surface area contributed by atoms with E-state index in [4.69, 9.17) is 23.2 Å². The van der Waals surface area contributed by atoms with E-state index in [2.05, 4.69) is 10.3 Å². The Morgan fingerprint density at radius 1 is 1.20 bits per heavy atom. The lowest BCUT2D eigenvalue weighted by Gasteiger charge is -2.13. The van der Waals surface area contributed by atoms with Crippen LogP contribution in [0, 0.1) is 0 Å². The van der Waals surface area contributed by atoms with Gasteiger partial charge in [-0.1, -0.05) is 23.2 Å². The van der Waals surface area contributed by atoms with E-state index in [1.807, 2.05) is 0 Å². The molecular formula is C19H18Cl2N4O3S2. The van der Waals surface area contributed by atoms with Crippen LogP contribution >= 0.6 is 34.5 Å². The minimum atomic E-state index is -3.59. The maximum Gasteiger partial charge on any atom is 0.274 e. The second-order valence-corrected chi connectivity index (χ2v) is 10.5. The van der Waals surface area contributed by atoms with Crippen molar-refractivity contribution < 1.29 is 13.2 Å². The van der Waals surface area contributed by atoms with Gasteiger partial charge in [0.05, 0.1) is 10.7 Å². The summed E-state index contributed by atoms with van der Waals surface area (Å²) in [4.78, 5) is 17.3. The molecule has 1 aliphatic heterocycles. The van der Waals surface area contributed by atoms with Crippen molar-refractivity contribution in [3.63, 3.8) is 0 Å². The highest BCUT2D eigenvalue weighted by molar-refractivity contribution is 7.89. The number of sulfonamides is 1. The first-order chi connectivity index (χ1) is 14.3. The van der Waals surface area contributed by atoms with Gasteiger partial charge in [-0.2, -0.15) is 4.31 Å². The molecule has 30 heavy (non-hydrogen) atoms. The fourth-order valence-corrected chi connectivity index (χ4v) is 6.09. The number of carbonyl (C=O) groups excluding carboxylic acids is 1. The number of anilines is 1. The molecule has 0 spiro atoms. The quantitative estimate of drug-likeness (QED) is 0.577. The van der Waals surface area contributed by atoms with Crippen molar-refractivity contribution in [1.82, 2.24) is 13.9 Å². The van der Waals surface area contributed by atoms with Crippen molar-refractivity contribution in [3.05, 3.63) is 51.6 Å². The summed E-state index contributed by atoms with van der Waals surface area (Å²) in [5, 5.41) is 5.87. The molecule has 1 amide bonds. The summed E-state index contributed by atoms with van der Waals surface area (Å²) >= 11 is 13.4. The maximum atomic E-state index is 12.7. The summed E-state index contributed by atoms with van der Waals surface area (Å²) in [5.74, 6) is -0.441. The monoisotopic (exact) mass is 484 g/mol. The molecule has 1 N–H and O–H groups in total. The predicted octanol–water partition coefficient (Wildman–Crippen LogP) is 4.49. The molecule has 7 nitrogen and oxygen atoms in total. The SMILES string of the molecule is Cn1cc(S(=O)(=O)N2CCCC2)cc1C(=O)Nc1nc(-c2ccc(Cl)cc2Cl)cs1. The van der Waals surface area contributed by atoms with Crippen LogP contribution < -0.4 is 5.32 Å². The maximum absolute atomic E-state index is 12.7. The normalized spacial score (nSPS) is 14.9. The van der Waals surface area contributed by atoms with E-state index in [1.165, 1.54) is 32.5 Å². The average Bonchev–Trinajstić information content (AvgIpc) is 3.42. The third-order valence-corrected chi connectivity index (χ3v) is 8.02. The second-order valence-electron chi connectivity index (χ2n) is 6.90. The lowest BCUT2D eigenvalue weighted by atomic mass is 10.2. The predicted molar refractivity (Wildman–Crippen MR) is 119 cm³/mol. The molecule has 0 radical (unpaired) electrons. The number of rotatable bonds is 5. The Bertz CT molecular complexity index is 1210. The largest absolute Gasteiger partial charge is 0.345 e. The van der Waals surface area contributed by atoms with E-state index < -0.39 is 15.9 Å². The number of carbonyl (C=O) groups is 1. The Morgan fingerprint density at radius 2 is 1.93 bits per heavy atom. The summed E-state index contributed by atoms with van der Waals surface area (Å²) in [7, 11) is -1.96. The van der Waals surface area contributed by atoms with Crippen LogP contribution in [0.4, 0.5) is 5.13 Å². The molecule has 3 aromatic rings. The standard InChI is InChI=1S/C19H18Cl2N4O3S2/c1-24-10-13(30(27,28)25-6-2-3-7-25)9-17(24)18(26)23-19-22-16(11-29-19)14-5-4-12(20)8-15(14)21/h4-5,8-11H,2-3,6-7H2,1H3,(H,22,23,26). The molecule has 1 fully saturated rings. The zero-order valence-corrected chi connectivity index (χ0v) is 19.1. The number of halogens is 2. The van der Waals surface area contributed by atoms with Crippen LogP contribution in [0.25, 0.3) is 11.3 Å².